The van der Waals surface area contributed by atoms with Crippen molar-refractivity contribution in [2.45, 2.75) is 0 Å². The molecule has 1 atom stereocenters. The Hall–Kier alpha value is -1.38. The first-order valence-corrected chi connectivity index (χ1v) is 7.23. The summed E-state index contributed by atoms with van der Waals surface area (Å²) >= 11 is 1.21. The molecule has 18 heavy (non-hydrogen) atoms. The Morgan fingerprint density at radius 1 is 1.00 bits per heavy atom. The summed E-state index contributed by atoms with van der Waals surface area (Å²) in [7, 11) is 2.51. The fraction of sp³-hybridized carbons (Fsp3) is 0.0769. The van der Waals surface area contributed by atoms with Crippen molar-refractivity contribution in [3.8, 4) is 0 Å². The Labute approximate surface area is 111 Å². The predicted molar refractivity (Wildman–Crippen MR) is 76.6 cm³/mol. The van der Waals surface area contributed by atoms with Crippen molar-refractivity contribution >= 4 is 43.8 Å². The van der Waals surface area contributed by atoms with Gasteiger partial charge in [0.1, 0.15) is 0 Å². The largest absolute Gasteiger partial charge is 0.271 e. The highest BCUT2D eigenvalue weighted by molar-refractivity contribution is 8.01. The lowest BCUT2D eigenvalue weighted by atomic mass is 9.95. The van der Waals surface area contributed by atoms with Gasteiger partial charge in [-0.25, -0.2) is 4.31 Å². The Bertz CT molecular complexity index is 620. The number of imide groups is 1. The van der Waals surface area contributed by atoms with E-state index in [0.29, 0.717) is 16.6 Å². The molecule has 1 aliphatic rings. The molecule has 0 fully saturated rings. The third kappa shape index (κ3) is 1.57. The lowest BCUT2D eigenvalue weighted by Gasteiger charge is -2.25. The van der Waals surface area contributed by atoms with E-state index in [2.05, 4.69) is 9.24 Å². The van der Waals surface area contributed by atoms with Crippen molar-refractivity contribution in [1.29, 1.82) is 0 Å². The van der Waals surface area contributed by atoms with E-state index in [1.165, 1.54) is 16.3 Å². The van der Waals surface area contributed by atoms with Crippen LogP contribution in [0.3, 0.4) is 0 Å². The molecule has 0 aliphatic carbocycles. The molecule has 0 saturated heterocycles. The van der Waals surface area contributed by atoms with Gasteiger partial charge in [-0.3, -0.25) is 9.59 Å². The molecule has 5 heteroatoms. The summed E-state index contributed by atoms with van der Waals surface area (Å²) in [6.45, 7) is 0. The van der Waals surface area contributed by atoms with Crippen LogP contribution in [0.15, 0.2) is 36.4 Å². The topological polar surface area (TPSA) is 37.4 Å². The second kappa shape index (κ2) is 4.38. The van der Waals surface area contributed by atoms with Gasteiger partial charge in [0.2, 0.25) is 0 Å². The average molecular weight is 275 g/mol. The Kier molecular flexibility index (Phi) is 2.84. The molecule has 0 bridgehead atoms. The van der Waals surface area contributed by atoms with Crippen molar-refractivity contribution in [3.05, 3.63) is 47.5 Å². The molecule has 0 aromatic heterocycles. The minimum absolute atomic E-state index is 0.225. The van der Waals surface area contributed by atoms with Crippen LogP contribution < -0.4 is 0 Å². The summed E-state index contributed by atoms with van der Waals surface area (Å²) in [5, 5.41) is 1.71. The zero-order chi connectivity index (χ0) is 12.7. The fourth-order valence-corrected chi connectivity index (χ4v) is 3.23. The molecular weight excluding hydrogens is 265 g/mol. The summed E-state index contributed by atoms with van der Waals surface area (Å²) in [5.41, 5.74) is 1.82. The van der Waals surface area contributed by atoms with Crippen LogP contribution in [0.5, 0.6) is 0 Å². The van der Waals surface area contributed by atoms with Crippen LogP contribution in [-0.2, 0) is 0 Å². The van der Waals surface area contributed by atoms with Crippen molar-refractivity contribution in [1.82, 2.24) is 4.31 Å². The number of carbonyl (C=O) groups is 2. The first kappa shape index (κ1) is 11.7. The number of nitrogens with zero attached hydrogens (tertiary/aromatic N) is 1. The van der Waals surface area contributed by atoms with Gasteiger partial charge in [0, 0.05) is 22.0 Å². The van der Waals surface area contributed by atoms with E-state index in [1.54, 1.807) is 12.1 Å². The molecule has 2 aromatic rings. The highest BCUT2D eigenvalue weighted by atomic mass is 32.2. The Morgan fingerprint density at radius 2 is 1.56 bits per heavy atom. The molecule has 2 amide bonds. The summed E-state index contributed by atoms with van der Waals surface area (Å²) < 4.78 is 1.24. The fourth-order valence-electron chi connectivity index (χ4n) is 2.20. The van der Waals surface area contributed by atoms with Crippen LogP contribution in [0.25, 0.3) is 10.8 Å². The molecule has 2 aromatic carbocycles. The second-order valence-electron chi connectivity index (χ2n) is 3.91. The van der Waals surface area contributed by atoms with Gasteiger partial charge in [-0.2, -0.15) is 0 Å². The van der Waals surface area contributed by atoms with Crippen LogP contribution in [0.4, 0.5) is 0 Å². The standard InChI is InChI=1S/C13H10NO2PS/c15-12-9-5-1-3-8-4-2-6-10(11(8)9)13(16)14(12)18-7-17/h1-6H,7,17H2. The summed E-state index contributed by atoms with van der Waals surface area (Å²) in [4.78, 5) is 24.6. The molecule has 1 heterocycles. The van der Waals surface area contributed by atoms with Crippen LogP contribution >= 0.6 is 21.2 Å². The molecule has 0 radical (unpaired) electrons. The zero-order valence-electron chi connectivity index (χ0n) is 9.42. The van der Waals surface area contributed by atoms with E-state index in [0.717, 1.165) is 10.8 Å². The quantitative estimate of drug-likeness (QED) is 0.480. The molecule has 0 N–H and O–H groups in total. The van der Waals surface area contributed by atoms with E-state index in [9.17, 15) is 9.59 Å². The number of rotatable bonds is 2. The van der Waals surface area contributed by atoms with Gasteiger partial charge in [-0.1, -0.05) is 24.3 Å². The summed E-state index contributed by atoms with van der Waals surface area (Å²) in [6, 6.07) is 11.1. The molecule has 90 valence electrons. The molecule has 0 spiro atoms. The summed E-state index contributed by atoms with van der Waals surface area (Å²) in [6.07, 6.45) is 0. The highest BCUT2D eigenvalue weighted by Gasteiger charge is 2.32. The van der Waals surface area contributed by atoms with Gasteiger partial charge in [0.25, 0.3) is 11.8 Å². The Balaban J connectivity index is 2.32. The highest BCUT2D eigenvalue weighted by Crippen LogP contribution is 2.33. The molecule has 3 nitrogen and oxygen atoms in total. The number of carbonyl (C=O) groups excluding carboxylic acids is 2. The monoisotopic (exact) mass is 275 g/mol. The van der Waals surface area contributed by atoms with Gasteiger partial charge in [0.05, 0.1) is 0 Å². The maximum Gasteiger partial charge on any atom is 0.271 e. The van der Waals surface area contributed by atoms with Crippen LogP contribution in [0.1, 0.15) is 20.7 Å². The SMILES string of the molecule is O=C1c2cccc3cccc(c23)C(=O)N1SCP. The first-order chi connectivity index (χ1) is 8.74. The van der Waals surface area contributed by atoms with Crippen molar-refractivity contribution in [3.63, 3.8) is 0 Å². The van der Waals surface area contributed by atoms with E-state index >= 15 is 0 Å². The van der Waals surface area contributed by atoms with Crippen LogP contribution in [-0.4, -0.2) is 21.6 Å². The van der Waals surface area contributed by atoms with Gasteiger partial charge >= 0.3 is 0 Å². The lowest BCUT2D eigenvalue weighted by molar-refractivity contribution is 0.0738. The molecular formula is C13H10NO2PS. The smallest absolute Gasteiger partial charge is 0.268 e. The third-order valence-corrected chi connectivity index (χ3v) is 4.12. The van der Waals surface area contributed by atoms with E-state index in [4.69, 9.17) is 0 Å². The Morgan fingerprint density at radius 3 is 2.06 bits per heavy atom. The van der Waals surface area contributed by atoms with E-state index < -0.39 is 0 Å². The first-order valence-electron chi connectivity index (χ1n) is 5.47. The number of hydrogen-bond acceptors (Lipinski definition) is 3. The summed E-state index contributed by atoms with van der Waals surface area (Å²) in [5.74, 6) is -0.450. The minimum Gasteiger partial charge on any atom is -0.268 e. The minimum atomic E-state index is -0.225. The molecule has 1 aliphatic heterocycles. The van der Waals surface area contributed by atoms with Crippen molar-refractivity contribution < 1.29 is 9.59 Å². The number of benzene rings is 2. The molecule has 1 unspecified atom stereocenters. The van der Waals surface area contributed by atoms with Crippen molar-refractivity contribution in [2.75, 3.05) is 5.49 Å². The lowest BCUT2D eigenvalue weighted by Crippen LogP contribution is -2.35. The van der Waals surface area contributed by atoms with E-state index in [-0.39, 0.29) is 11.8 Å². The van der Waals surface area contributed by atoms with Gasteiger partial charge in [-0.15, -0.1) is 9.24 Å². The van der Waals surface area contributed by atoms with Gasteiger partial charge in [0.15, 0.2) is 0 Å². The third-order valence-electron chi connectivity index (χ3n) is 2.94. The molecule has 0 saturated carbocycles. The normalized spacial score (nSPS) is 14.4. The second-order valence-corrected chi connectivity index (χ2v) is 5.87. The van der Waals surface area contributed by atoms with Crippen molar-refractivity contribution in [2.24, 2.45) is 0 Å². The van der Waals surface area contributed by atoms with Gasteiger partial charge in [-0.05, 0) is 29.5 Å². The number of hydrogen-bond donors (Lipinski definition) is 0. The molecule has 3 rings (SSSR count). The average Bonchev–Trinajstić information content (AvgIpc) is 2.40. The predicted octanol–water partition coefficient (Wildman–Crippen LogP) is 2.92. The number of amides is 2. The zero-order valence-corrected chi connectivity index (χ0v) is 11.4. The van der Waals surface area contributed by atoms with E-state index in [1.807, 2.05) is 24.3 Å². The maximum atomic E-state index is 12.3. The van der Waals surface area contributed by atoms with Gasteiger partial charge < -0.3 is 0 Å². The maximum absolute atomic E-state index is 12.3. The van der Waals surface area contributed by atoms with Crippen LogP contribution in [0, 0.1) is 0 Å². The van der Waals surface area contributed by atoms with Crippen LogP contribution in [0.2, 0.25) is 0 Å².